The first-order valence-corrected chi connectivity index (χ1v) is 11.4. The van der Waals surface area contributed by atoms with E-state index < -0.39 is 27.2 Å². The van der Waals surface area contributed by atoms with Crippen molar-refractivity contribution in [2.24, 2.45) is 11.1 Å². The van der Waals surface area contributed by atoms with Gasteiger partial charge < -0.3 is 10.5 Å². The Hall–Kier alpha value is -2.16. The fourth-order valence-electron chi connectivity index (χ4n) is 3.86. The molecular weight excluding hydrogens is 431 g/mol. The Morgan fingerprint density at radius 1 is 1.27 bits per heavy atom. The summed E-state index contributed by atoms with van der Waals surface area (Å²) in [6, 6.07) is 10.4. The van der Waals surface area contributed by atoms with Crippen LogP contribution in [0.5, 0.6) is 5.75 Å². The van der Waals surface area contributed by atoms with Gasteiger partial charge in [0.15, 0.2) is 0 Å². The number of hydrogen-bond donors (Lipinski definition) is 1. The molecular formula is C21H24ClFN2O4S. The highest BCUT2D eigenvalue weighted by Crippen LogP contribution is 2.37. The molecule has 0 saturated carbocycles. The molecule has 1 amide bonds. The van der Waals surface area contributed by atoms with Crippen molar-refractivity contribution in [3.05, 3.63) is 58.9 Å². The topological polar surface area (TPSA) is 89.7 Å². The number of amides is 1. The zero-order valence-corrected chi connectivity index (χ0v) is 18.2. The Labute approximate surface area is 180 Å². The van der Waals surface area contributed by atoms with Gasteiger partial charge in [-0.2, -0.15) is 4.31 Å². The Bertz CT molecular complexity index is 1030. The molecule has 2 aromatic carbocycles. The number of primary amides is 1. The first-order valence-electron chi connectivity index (χ1n) is 9.54. The largest absolute Gasteiger partial charge is 0.493 e. The third kappa shape index (κ3) is 5.11. The zero-order valence-electron chi connectivity index (χ0n) is 16.6. The Morgan fingerprint density at radius 3 is 2.60 bits per heavy atom. The molecule has 1 heterocycles. The molecule has 0 bridgehead atoms. The maximum Gasteiger partial charge on any atom is 0.243 e. The minimum Gasteiger partial charge on any atom is -0.493 e. The number of aryl methyl sites for hydroxylation is 1. The SMILES string of the molecule is Cc1cc(F)ccc1S(=O)(=O)N1CCC[C@](COc2ccc(Cl)cc2)(CC(N)=O)C1. The monoisotopic (exact) mass is 454 g/mol. The van der Waals surface area contributed by atoms with Crippen molar-refractivity contribution >= 4 is 27.5 Å². The average Bonchev–Trinajstić information content (AvgIpc) is 2.67. The van der Waals surface area contributed by atoms with Crippen LogP contribution in [0.4, 0.5) is 4.39 Å². The lowest BCUT2D eigenvalue weighted by molar-refractivity contribution is -0.121. The predicted octanol–water partition coefficient (Wildman–Crippen LogP) is 3.51. The van der Waals surface area contributed by atoms with Crippen LogP contribution in [0.3, 0.4) is 0 Å². The summed E-state index contributed by atoms with van der Waals surface area (Å²) in [4.78, 5) is 11.8. The van der Waals surface area contributed by atoms with Gasteiger partial charge in [0.25, 0.3) is 0 Å². The van der Waals surface area contributed by atoms with Crippen molar-refractivity contribution in [1.82, 2.24) is 4.31 Å². The van der Waals surface area contributed by atoms with E-state index in [1.165, 1.54) is 16.4 Å². The first-order chi connectivity index (χ1) is 14.1. The van der Waals surface area contributed by atoms with Gasteiger partial charge in [-0.25, -0.2) is 12.8 Å². The summed E-state index contributed by atoms with van der Waals surface area (Å²) < 4.78 is 47.1. The maximum absolute atomic E-state index is 13.4. The molecule has 30 heavy (non-hydrogen) atoms. The molecule has 1 fully saturated rings. The second-order valence-corrected chi connectivity index (χ2v) is 10.1. The standard InChI is InChI=1S/C21H24ClFN2O4S/c1-15-11-17(23)5-8-19(15)30(27,28)25-10-2-9-21(13-25,12-20(24)26)14-29-18-6-3-16(22)4-7-18/h3-8,11H,2,9-10,12-14H2,1H3,(H2,24,26)/t21-/m0/s1. The van der Waals surface area contributed by atoms with Crippen LogP contribution in [0.25, 0.3) is 0 Å². The Kier molecular flexibility index (Phi) is 6.69. The van der Waals surface area contributed by atoms with Crippen molar-refractivity contribution in [3.63, 3.8) is 0 Å². The molecule has 1 saturated heterocycles. The lowest BCUT2D eigenvalue weighted by atomic mass is 9.78. The van der Waals surface area contributed by atoms with Gasteiger partial charge in [0.1, 0.15) is 11.6 Å². The number of sulfonamides is 1. The highest BCUT2D eigenvalue weighted by Gasteiger charge is 2.42. The van der Waals surface area contributed by atoms with Crippen LogP contribution in [-0.4, -0.2) is 38.3 Å². The van der Waals surface area contributed by atoms with E-state index in [-0.39, 0.29) is 24.5 Å². The van der Waals surface area contributed by atoms with Gasteiger partial charge in [-0.15, -0.1) is 0 Å². The third-order valence-electron chi connectivity index (χ3n) is 5.29. The molecule has 2 N–H and O–H groups in total. The molecule has 1 aliphatic rings. The van der Waals surface area contributed by atoms with Gasteiger partial charge >= 0.3 is 0 Å². The summed E-state index contributed by atoms with van der Waals surface area (Å²) in [5.41, 5.74) is 5.05. The number of halogens is 2. The van der Waals surface area contributed by atoms with Crippen LogP contribution in [0.2, 0.25) is 5.02 Å². The lowest BCUT2D eigenvalue weighted by Crippen LogP contribution is -2.50. The molecule has 0 aliphatic carbocycles. The summed E-state index contributed by atoms with van der Waals surface area (Å²) in [5, 5.41) is 0.568. The van der Waals surface area contributed by atoms with Crippen LogP contribution in [0.15, 0.2) is 47.4 Å². The zero-order chi connectivity index (χ0) is 21.9. The molecule has 162 valence electrons. The normalized spacial score (nSPS) is 20.1. The van der Waals surface area contributed by atoms with Gasteiger partial charge in [-0.3, -0.25) is 4.79 Å². The number of rotatable bonds is 7. The fourth-order valence-corrected chi connectivity index (χ4v) is 5.78. The van der Waals surface area contributed by atoms with E-state index in [9.17, 15) is 17.6 Å². The summed E-state index contributed by atoms with van der Waals surface area (Å²) in [6.07, 6.45) is 1.14. The van der Waals surface area contributed by atoms with Crippen LogP contribution in [0.1, 0.15) is 24.8 Å². The van der Waals surface area contributed by atoms with E-state index in [4.69, 9.17) is 22.1 Å². The number of carbonyl (C=O) groups excluding carboxylic acids is 1. The summed E-state index contributed by atoms with van der Waals surface area (Å²) >= 11 is 5.89. The second kappa shape index (κ2) is 8.91. The molecule has 0 aromatic heterocycles. The second-order valence-electron chi connectivity index (χ2n) is 7.74. The number of hydrogen-bond acceptors (Lipinski definition) is 4. The number of benzene rings is 2. The highest BCUT2D eigenvalue weighted by atomic mass is 35.5. The van der Waals surface area contributed by atoms with Crippen molar-refractivity contribution in [2.45, 2.75) is 31.1 Å². The number of nitrogens with two attached hydrogens (primary N) is 1. The number of ether oxygens (including phenoxy) is 1. The minimum absolute atomic E-state index is 0.00495. The molecule has 0 spiro atoms. The maximum atomic E-state index is 13.4. The van der Waals surface area contributed by atoms with Crippen LogP contribution >= 0.6 is 11.6 Å². The summed E-state index contributed by atoms with van der Waals surface area (Å²) in [6.45, 7) is 2.08. The molecule has 6 nitrogen and oxygen atoms in total. The number of nitrogens with zero attached hydrogens (tertiary/aromatic N) is 1. The number of piperidine rings is 1. The summed E-state index contributed by atoms with van der Waals surface area (Å²) in [5.74, 6) is -0.450. The quantitative estimate of drug-likeness (QED) is 0.693. The fraction of sp³-hybridized carbons (Fsp3) is 0.381. The summed E-state index contributed by atoms with van der Waals surface area (Å²) in [7, 11) is -3.86. The van der Waals surface area contributed by atoms with Crippen molar-refractivity contribution < 1.29 is 22.3 Å². The van der Waals surface area contributed by atoms with Crippen molar-refractivity contribution in [1.29, 1.82) is 0 Å². The molecule has 2 aromatic rings. The van der Waals surface area contributed by atoms with Gasteiger partial charge in [-0.05, 0) is 67.8 Å². The molecule has 9 heteroatoms. The molecule has 0 radical (unpaired) electrons. The number of carbonyl (C=O) groups is 1. The smallest absolute Gasteiger partial charge is 0.243 e. The van der Waals surface area contributed by atoms with Gasteiger partial charge in [-0.1, -0.05) is 11.6 Å². The van der Waals surface area contributed by atoms with E-state index >= 15 is 0 Å². The van der Waals surface area contributed by atoms with Crippen LogP contribution in [-0.2, 0) is 14.8 Å². The van der Waals surface area contributed by atoms with E-state index in [0.29, 0.717) is 35.7 Å². The van der Waals surface area contributed by atoms with Gasteiger partial charge in [0, 0.05) is 29.9 Å². The van der Waals surface area contributed by atoms with E-state index in [0.717, 1.165) is 6.07 Å². The third-order valence-corrected chi connectivity index (χ3v) is 7.55. The molecule has 1 aliphatic heterocycles. The van der Waals surface area contributed by atoms with E-state index in [2.05, 4.69) is 0 Å². The molecule has 0 unspecified atom stereocenters. The Morgan fingerprint density at radius 2 is 1.97 bits per heavy atom. The van der Waals surface area contributed by atoms with Crippen LogP contribution in [0, 0.1) is 18.2 Å². The minimum atomic E-state index is -3.86. The first kappa shape index (κ1) is 22.5. The van der Waals surface area contributed by atoms with E-state index in [1.807, 2.05) is 0 Å². The lowest BCUT2D eigenvalue weighted by Gasteiger charge is -2.41. The van der Waals surface area contributed by atoms with Gasteiger partial charge in [0.05, 0.1) is 11.5 Å². The molecule has 1 atom stereocenters. The molecule has 3 rings (SSSR count). The predicted molar refractivity (Wildman–Crippen MR) is 112 cm³/mol. The van der Waals surface area contributed by atoms with Crippen molar-refractivity contribution in [2.75, 3.05) is 19.7 Å². The Balaban J connectivity index is 1.85. The average molecular weight is 455 g/mol. The van der Waals surface area contributed by atoms with Crippen molar-refractivity contribution in [3.8, 4) is 5.75 Å². The highest BCUT2D eigenvalue weighted by molar-refractivity contribution is 7.89. The van der Waals surface area contributed by atoms with Crippen LogP contribution < -0.4 is 10.5 Å². The van der Waals surface area contributed by atoms with Gasteiger partial charge in [0.2, 0.25) is 15.9 Å². The van der Waals surface area contributed by atoms with E-state index in [1.54, 1.807) is 31.2 Å².